The van der Waals surface area contributed by atoms with Crippen molar-refractivity contribution in [3.8, 4) is 0 Å². The summed E-state index contributed by atoms with van der Waals surface area (Å²) in [6.07, 6.45) is -0.352. The molecular weight excluding hydrogens is 233 g/mol. The Morgan fingerprint density at radius 3 is 2.47 bits per heavy atom. The number of hydrogen-bond acceptors (Lipinski definition) is 2. The molecule has 0 spiro atoms. The van der Waals surface area contributed by atoms with Crippen LogP contribution in [0, 0.1) is 0 Å². The van der Waals surface area contributed by atoms with Crippen LogP contribution in [0.15, 0.2) is 18.2 Å². The van der Waals surface area contributed by atoms with E-state index in [0.717, 1.165) is 5.56 Å². The monoisotopic (exact) mass is 247 g/mol. The van der Waals surface area contributed by atoms with Gasteiger partial charge in [0.1, 0.15) is 0 Å². The highest BCUT2D eigenvalue weighted by molar-refractivity contribution is 6.42. The van der Waals surface area contributed by atoms with Gasteiger partial charge in [-0.15, -0.1) is 0 Å². The Hall–Kier alpha value is -0.280. The molecule has 0 bridgehead atoms. The number of aliphatic hydroxyl groups is 1. The second-order valence-corrected chi connectivity index (χ2v) is 4.47. The zero-order chi connectivity index (χ0) is 11.4. The molecule has 0 aliphatic rings. The van der Waals surface area contributed by atoms with Gasteiger partial charge in [-0.25, -0.2) is 0 Å². The Balaban J connectivity index is 2.65. The van der Waals surface area contributed by atoms with Gasteiger partial charge in [-0.05, 0) is 31.5 Å². The standard InChI is InChI=1S/C11H15Cl2NO/c1-7(15)6-14-8(2)9-3-4-10(12)11(13)5-9/h3-5,7-8,14-15H,6H2,1-2H3. The first-order chi connectivity index (χ1) is 7.00. The summed E-state index contributed by atoms with van der Waals surface area (Å²) < 4.78 is 0. The van der Waals surface area contributed by atoms with Crippen LogP contribution < -0.4 is 5.32 Å². The molecule has 0 aliphatic carbocycles. The van der Waals surface area contributed by atoms with E-state index in [4.69, 9.17) is 28.3 Å². The van der Waals surface area contributed by atoms with Crippen LogP contribution in [0.3, 0.4) is 0 Å². The first-order valence-electron chi connectivity index (χ1n) is 4.87. The molecular formula is C11H15Cl2NO. The van der Waals surface area contributed by atoms with Crippen molar-refractivity contribution in [2.24, 2.45) is 0 Å². The van der Waals surface area contributed by atoms with Crippen LogP contribution in [0.1, 0.15) is 25.5 Å². The summed E-state index contributed by atoms with van der Waals surface area (Å²) in [6, 6.07) is 5.69. The van der Waals surface area contributed by atoms with Crippen molar-refractivity contribution in [1.29, 1.82) is 0 Å². The normalized spacial score (nSPS) is 15.0. The number of nitrogens with one attached hydrogen (secondary N) is 1. The highest BCUT2D eigenvalue weighted by Crippen LogP contribution is 2.25. The van der Waals surface area contributed by atoms with Gasteiger partial charge in [0.15, 0.2) is 0 Å². The molecule has 2 atom stereocenters. The van der Waals surface area contributed by atoms with Crippen molar-refractivity contribution in [3.63, 3.8) is 0 Å². The van der Waals surface area contributed by atoms with E-state index >= 15 is 0 Å². The Bertz CT molecular complexity index is 328. The minimum absolute atomic E-state index is 0.148. The smallest absolute Gasteiger partial charge is 0.0636 e. The number of halogens is 2. The fourth-order valence-corrected chi connectivity index (χ4v) is 1.55. The fraction of sp³-hybridized carbons (Fsp3) is 0.455. The highest BCUT2D eigenvalue weighted by atomic mass is 35.5. The molecule has 2 N–H and O–H groups in total. The Kier molecular flexibility index (Phi) is 4.87. The van der Waals surface area contributed by atoms with Crippen molar-refractivity contribution in [2.75, 3.05) is 6.54 Å². The summed E-state index contributed by atoms with van der Waals surface area (Å²) in [5.74, 6) is 0. The number of benzene rings is 1. The molecule has 1 aromatic carbocycles. The predicted octanol–water partition coefficient (Wildman–Crippen LogP) is 3.02. The maximum absolute atomic E-state index is 9.14. The predicted molar refractivity (Wildman–Crippen MR) is 64.6 cm³/mol. The Morgan fingerprint density at radius 1 is 1.27 bits per heavy atom. The molecule has 15 heavy (non-hydrogen) atoms. The Labute approximate surface area is 100 Å². The summed E-state index contributed by atoms with van der Waals surface area (Å²) in [6.45, 7) is 4.32. The van der Waals surface area contributed by atoms with Crippen LogP contribution in [0.4, 0.5) is 0 Å². The van der Waals surface area contributed by atoms with Gasteiger partial charge in [0.05, 0.1) is 16.1 Å². The van der Waals surface area contributed by atoms with E-state index in [0.29, 0.717) is 16.6 Å². The molecule has 0 heterocycles. The largest absolute Gasteiger partial charge is 0.392 e. The van der Waals surface area contributed by atoms with Crippen LogP contribution in [0.25, 0.3) is 0 Å². The quantitative estimate of drug-likeness (QED) is 0.858. The Morgan fingerprint density at radius 2 is 1.93 bits per heavy atom. The molecule has 2 unspecified atom stereocenters. The van der Waals surface area contributed by atoms with Crippen molar-refractivity contribution in [1.82, 2.24) is 5.32 Å². The zero-order valence-electron chi connectivity index (χ0n) is 8.80. The van der Waals surface area contributed by atoms with Crippen LogP contribution in [0.5, 0.6) is 0 Å². The summed E-state index contributed by atoms with van der Waals surface area (Å²) in [5.41, 5.74) is 1.06. The molecule has 0 aromatic heterocycles. The van der Waals surface area contributed by atoms with E-state index in [-0.39, 0.29) is 12.1 Å². The topological polar surface area (TPSA) is 32.3 Å². The van der Waals surface area contributed by atoms with Gasteiger partial charge in [-0.1, -0.05) is 29.3 Å². The molecule has 2 nitrogen and oxygen atoms in total. The molecule has 0 fully saturated rings. The summed E-state index contributed by atoms with van der Waals surface area (Å²) in [5, 5.41) is 13.4. The lowest BCUT2D eigenvalue weighted by molar-refractivity contribution is 0.187. The van der Waals surface area contributed by atoms with Gasteiger partial charge in [-0.2, -0.15) is 0 Å². The third kappa shape index (κ3) is 3.99. The minimum Gasteiger partial charge on any atom is -0.392 e. The lowest BCUT2D eigenvalue weighted by atomic mass is 10.1. The van der Waals surface area contributed by atoms with Crippen LogP contribution in [-0.2, 0) is 0 Å². The molecule has 0 saturated carbocycles. The molecule has 0 amide bonds. The number of rotatable bonds is 4. The molecule has 0 saturated heterocycles. The molecule has 4 heteroatoms. The van der Waals surface area contributed by atoms with Gasteiger partial charge in [0, 0.05) is 12.6 Å². The van der Waals surface area contributed by atoms with Crippen molar-refractivity contribution in [3.05, 3.63) is 33.8 Å². The van der Waals surface area contributed by atoms with Crippen LogP contribution >= 0.6 is 23.2 Å². The molecule has 0 radical (unpaired) electrons. The number of hydrogen-bond donors (Lipinski definition) is 2. The lowest BCUT2D eigenvalue weighted by Gasteiger charge is -2.15. The molecule has 84 valence electrons. The van der Waals surface area contributed by atoms with Gasteiger partial charge >= 0.3 is 0 Å². The maximum Gasteiger partial charge on any atom is 0.0636 e. The second kappa shape index (κ2) is 5.71. The van der Waals surface area contributed by atoms with E-state index in [2.05, 4.69) is 5.32 Å². The average Bonchev–Trinajstić information content (AvgIpc) is 2.18. The molecule has 1 rings (SSSR count). The average molecular weight is 248 g/mol. The summed E-state index contributed by atoms with van der Waals surface area (Å²) >= 11 is 11.7. The first kappa shape index (κ1) is 12.8. The molecule has 0 aliphatic heterocycles. The van der Waals surface area contributed by atoms with Crippen molar-refractivity contribution < 1.29 is 5.11 Å². The van der Waals surface area contributed by atoms with Gasteiger partial charge in [0.25, 0.3) is 0 Å². The zero-order valence-corrected chi connectivity index (χ0v) is 10.3. The van der Waals surface area contributed by atoms with Gasteiger partial charge in [-0.3, -0.25) is 0 Å². The number of aliphatic hydroxyl groups excluding tert-OH is 1. The third-order valence-corrected chi connectivity index (χ3v) is 2.90. The van der Waals surface area contributed by atoms with Crippen LogP contribution in [0.2, 0.25) is 10.0 Å². The van der Waals surface area contributed by atoms with E-state index in [1.165, 1.54) is 0 Å². The lowest BCUT2D eigenvalue weighted by Crippen LogP contribution is -2.27. The summed E-state index contributed by atoms with van der Waals surface area (Å²) in [7, 11) is 0. The maximum atomic E-state index is 9.14. The fourth-order valence-electron chi connectivity index (χ4n) is 1.25. The van der Waals surface area contributed by atoms with E-state index in [9.17, 15) is 0 Å². The highest BCUT2D eigenvalue weighted by Gasteiger charge is 2.07. The van der Waals surface area contributed by atoms with E-state index < -0.39 is 0 Å². The minimum atomic E-state index is -0.352. The molecule has 1 aromatic rings. The van der Waals surface area contributed by atoms with Crippen molar-refractivity contribution in [2.45, 2.75) is 26.0 Å². The van der Waals surface area contributed by atoms with Gasteiger partial charge in [0.2, 0.25) is 0 Å². The first-order valence-corrected chi connectivity index (χ1v) is 5.62. The second-order valence-electron chi connectivity index (χ2n) is 3.65. The third-order valence-electron chi connectivity index (χ3n) is 2.16. The van der Waals surface area contributed by atoms with Crippen LogP contribution in [-0.4, -0.2) is 17.8 Å². The van der Waals surface area contributed by atoms with E-state index in [1.807, 2.05) is 19.1 Å². The van der Waals surface area contributed by atoms with Gasteiger partial charge < -0.3 is 10.4 Å². The van der Waals surface area contributed by atoms with E-state index in [1.54, 1.807) is 13.0 Å². The summed E-state index contributed by atoms with van der Waals surface area (Å²) in [4.78, 5) is 0. The SMILES string of the molecule is CC(O)CNC(C)c1ccc(Cl)c(Cl)c1. The van der Waals surface area contributed by atoms with Crippen molar-refractivity contribution >= 4 is 23.2 Å².